The number of hydrogen-bond acceptors (Lipinski definition) is 5. The van der Waals surface area contributed by atoms with Crippen LogP contribution in [0, 0.1) is 0 Å². The van der Waals surface area contributed by atoms with Crippen molar-refractivity contribution in [1.82, 2.24) is 14.9 Å². The van der Waals surface area contributed by atoms with Gasteiger partial charge in [-0.2, -0.15) is 0 Å². The summed E-state index contributed by atoms with van der Waals surface area (Å²) in [5.74, 6) is -0.104. The van der Waals surface area contributed by atoms with Crippen LogP contribution >= 0.6 is 11.3 Å². The lowest BCUT2D eigenvalue weighted by Crippen LogP contribution is -2.55. The van der Waals surface area contributed by atoms with E-state index < -0.39 is 10.0 Å². The Morgan fingerprint density at radius 2 is 2.00 bits per heavy atom. The summed E-state index contributed by atoms with van der Waals surface area (Å²) in [5, 5.41) is 4.85. The Labute approximate surface area is 123 Å². The van der Waals surface area contributed by atoms with E-state index in [0.717, 1.165) is 0 Å². The van der Waals surface area contributed by atoms with Crippen LogP contribution in [0.1, 0.15) is 23.5 Å². The van der Waals surface area contributed by atoms with E-state index >= 15 is 0 Å². The van der Waals surface area contributed by atoms with Crippen LogP contribution in [0.3, 0.4) is 0 Å². The molecule has 2 N–H and O–H groups in total. The summed E-state index contributed by atoms with van der Waals surface area (Å²) in [7, 11) is -2.13. The van der Waals surface area contributed by atoms with Crippen LogP contribution in [-0.4, -0.2) is 51.4 Å². The maximum atomic E-state index is 12.4. The number of nitrogens with one attached hydrogen (secondary N) is 2. The molecule has 1 aromatic heterocycles. The zero-order valence-electron chi connectivity index (χ0n) is 11.7. The standard InChI is InChI=1S/C12H19N3O3S2/c1-8-5-15(6-9(2)14-8)12(16)11-4-10(7-19-11)20(17,18)13-3/h4,7-9,13-14H,5-6H2,1-3H3/t8-,9-/m1/s1. The minimum Gasteiger partial charge on any atom is -0.335 e. The third-order valence-electron chi connectivity index (χ3n) is 3.21. The number of carbonyl (C=O) groups is 1. The van der Waals surface area contributed by atoms with Gasteiger partial charge in [-0.15, -0.1) is 11.3 Å². The quantitative estimate of drug-likeness (QED) is 0.850. The van der Waals surface area contributed by atoms with E-state index in [1.54, 1.807) is 4.90 Å². The average molecular weight is 317 g/mol. The second kappa shape index (κ2) is 5.80. The van der Waals surface area contributed by atoms with Crippen LogP contribution in [-0.2, 0) is 10.0 Å². The lowest BCUT2D eigenvalue weighted by molar-refractivity contribution is 0.0678. The molecule has 0 aliphatic carbocycles. The summed E-state index contributed by atoms with van der Waals surface area (Å²) in [6, 6.07) is 1.92. The fourth-order valence-electron chi connectivity index (χ4n) is 2.34. The van der Waals surface area contributed by atoms with Crippen LogP contribution in [0.4, 0.5) is 0 Å². The first kappa shape index (κ1) is 15.4. The molecular weight excluding hydrogens is 298 g/mol. The van der Waals surface area contributed by atoms with E-state index in [4.69, 9.17) is 0 Å². The summed E-state index contributed by atoms with van der Waals surface area (Å²) in [6.07, 6.45) is 0. The summed E-state index contributed by atoms with van der Waals surface area (Å²) >= 11 is 1.17. The van der Waals surface area contributed by atoms with Crippen LogP contribution in [0.25, 0.3) is 0 Å². The van der Waals surface area contributed by atoms with Gasteiger partial charge in [0.05, 0.1) is 9.77 Å². The average Bonchev–Trinajstić information content (AvgIpc) is 2.87. The molecule has 1 aromatic rings. The smallest absolute Gasteiger partial charge is 0.264 e. The van der Waals surface area contributed by atoms with Crippen molar-refractivity contribution in [2.75, 3.05) is 20.1 Å². The van der Waals surface area contributed by atoms with Crippen LogP contribution < -0.4 is 10.0 Å². The summed E-state index contributed by atoms with van der Waals surface area (Å²) < 4.78 is 25.6. The molecule has 0 aromatic carbocycles. The van der Waals surface area contributed by atoms with Crippen molar-refractivity contribution in [3.63, 3.8) is 0 Å². The molecule has 0 saturated carbocycles. The number of piperazine rings is 1. The number of hydrogen-bond donors (Lipinski definition) is 2. The second-order valence-corrected chi connectivity index (χ2v) is 7.83. The van der Waals surface area contributed by atoms with Gasteiger partial charge in [0, 0.05) is 30.6 Å². The van der Waals surface area contributed by atoms with E-state index in [0.29, 0.717) is 18.0 Å². The Morgan fingerprint density at radius 3 is 2.55 bits per heavy atom. The number of thiophene rings is 1. The Hall–Kier alpha value is -0.960. The number of carbonyl (C=O) groups excluding carboxylic acids is 1. The maximum Gasteiger partial charge on any atom is 0.264 e. The summed E-state index contributed by atoms with van der Waals surface area (Å²) in [5.41, 5.74) is 0. The van der Waals surface area contributed by atoms with Crippen molar-refractivity contribution < 1.29 is 13.2 Å². The minimum absolute atomic E-state index is 0.104. The maximum absolute atomic E-state index is 12.4. The molecule has 1 fully saturated rings. The van der Waals surface area contributed by atoms with Crippen molar-refractivity contribution in [3.8, 4) is 0 Å². The number of rotatable bonds is 3. The predicted molar refractivity (Wildman–Crippen MR) is 78.5 cm³/mol. The molecule has 2 heterocycles. The zero-order chi connectivity index (χ0) is 14.9. The first-order chi connectivity index (χ1) is 9.33. The topological polar surface area (TPSA) is 78.5 Å². The van der Waals surface area contributed by atoms with Crippen LogP contribution in [0.5, 0.6) is 0 Å². The molecule has 1 amide bonds. The van der Waals surface area contributed by atoms with E-state index in [-0.39, 0.29) is 22.9 Å². The SMILES string of the molecule is CNS(=O)(=O)c1csc(C(=O)N2C[C@@H](C)N[C@H](C)C2)c1. The van der Waals surface area contributed by atoms with Crippen molar-refractivity contribution in [1.29, 1.82) is 0 Å². The molecule has 0 unspecified atom stereocenters. The van der Waals surface area contributed by atoms with Gasteiger partial charge in [-0.05, 0) is 27.0 Å². The number of sulfonamides is 1. The van der Waals surface area contributed by atoms with Gasteiger partial charge in [0.25, 0.3) is 5.91 Å². The van der Waals surface area contributed by atoms with Gasteiger partial charge in [-0.25, -0.2) is 13.1 Å². The molecule has 1 saturated heterocycles. The highest BCUT2D eigenvalue weighted by Gasteiger charge is 2.27. The molecule has 8 heteroatoms. The largest absolute Gasteiger partial charge is 0.335 e. The van der Waals surface area contributed by atoms with Gasteiger partial charge in [-0.1, -0.05) is 0 Å². The van der Waals surface area contributed by atoms with Gasteiger partial charge >= 0.3 is 0 Å². The molecule has 0 radical (unpaired) electrons. The van der Waals surface area contributed by atoms with Crippen molar-refractivity contribution in [2.45, 2.75) is 30.8 Å². The normalized spacial score (nSPS) is 23.9. The fraction of sp³-hybridized carbons (Fsp3) is 0.583. The van der Waals surface area contributed by atoms with Gasteiger partial charge in [0.2, 0.25) is 10.0 Å². The first-order valence-corrected chi connectivity index (χ1v) is 8.77. The van der Waals surface area contributed by atoms with Gasteiger partial charge in [0.15, 0.2) is 0 Å². The predicted octanol–water partition coefficient (Wildman–Crippen LogP) is 0.479. The highest BCUT2D eigenvalue weighted by Crippen LogP contribution is 2.21. The molecule has 1 aliphatic rings. The monoisotopic (exact) mass is 317 g/mol. The second-order valence-electron chi connectivity index (χ2n) is 5.03. The fourth-order valence-corrected chi connectivity index (χ4v) is 4.31. The van der Waals surface area contributed by atoms with Gasteiger partial charge in [-0.3, -0.25) is 4.79 Å². The molecule has 1 aliphatic heterocycles. The van der Waals surface area contributed by atoms with Crippen molar-refractivity contribution >= 4 is 27.3 Å². The van der Waals surface area contributed by atoms with E-state index in [9.17, 15) is 13.2 Å². The van der Waals surface area contributed by atoms with E-state index in [2.05, 4.69) is 10.0 Å². The lowest BCUT2D eigenvalue weighted by Gasteiger charge is -2.35. The third kappa shape index (κ3) is 3.20. The third-order valence-corrected chi connectivity index (χ3v) is 5.67. The number of amides is 1. The summed E-state index contributed by atoms with van der Waals surface area (Å²) in [4.78, 5) is 14.8. The molecule has 2 atom stereocenters. The van der Waals surface area contributed by atoms with Gasteiger partial charge in [0.1, 0.15) is 0 Å². The van der Waals surface area contributed by atoms with E-state index in [1.165, 1.54) is 29.8 Å². The molecular formula is C12H19N3O3S2. The first-order valence-electron chi connectivity index (χ1n) is 6.41. The van der Waals surface area contributed by atoms with Crippen molar-refractivity contribution in [3.05, 3.63) is 16.3 Å². The highest BCUT2D eigenvalue weighted by molar-refractivity contribution is 7.89. The zero-order valence-corrected chi connectivity index (χ0v) is 13.3. The Kier molecular flexibility index (Phi) is 4.48. The number of nitrogens with zero attached hydrogens (tertiary/aromatic N) is 1. The van der Waals surface area contributed by atoms with Gasteiger partial charge < -0.3 is 10.2 Å². The van der Waals surface area contributed by atoms with Crippen LogP contribution in [0.2, 0.25) is 0 Å². The molecule has 112 valence electrons. The Bertz CT molecular complexity index is 587. The Balaban J connectivity index is 2.18. The molecule has 0 spiro atoms. The molecule has 20 heavy (non-hydrogen) atoms. The highest BCUT2D eigenvalue weighted by atomic mass is 32.2. The van der Waals surface area contributed by atoms with E-state index in [1.807, 2.05) is 13.8 Å². The molecule has 6 nitrogen and oxygen atoms in total. The van der Waals surface area contributed by atoms with Crippen LogP contribution in [0.15, 0.2) is 16.3 Å². The molecule has 0 bridgehead atoms. The van der Waals surface area contributed by atoms with Crippen molar-refractivity contribution in [2.24, 2.45) is 0 Å². The molecule has 2 rings (SSSR count). The lowest BCUT2D eigenvalue weighted by atomic mass is 10.1. The summed E-state index contributed by atoms with van der Waals surface area (Å²) in [6.45, 7) is 5.33. The minimum atomic E-state index is -3.49. The Morgan fingerprint density at radius 1 is 1.40 bits per heavy atom.